The first-order valence-electron chi connectivity index (χ1n) is 8.53. The Bertz CT molecular complexity index is 718. The number of anilines is 2. The number of nitrogens with two attached hydrogens (primary N) is 1. The maximum atomic E-state index is 10.5. The Morgan fingerprint density at radius 1 is 1.36 bits per heavy atom. The third-order valence-corrected chi connectivity index (χ3v) is 5.29. The standard InChI is InChI=1S/C18H25N5OS/c1-13-5-2-3-6-14(13)10-25-17-22-15(19)9-16(23-17)21-12-18(24)7-4-8-20-11-18/h2-3,5-6,9,20,24H,4,7-8,10-12H2,1H3,(H3,19,21,22,23)/t18-/m0/s1. The van der Waals surface area contributed by atoms with E-state index in [2.05, 4.69) is 39.7 Å². The van der Waals surface area contributed by atoms with Crippen molar-refractivity contribution in [1.29, 1.82) is 0 Å². The van der Waals surface area contributed by atoms with Gasteiger partial charge in [-0.05, 0) is 37.4 Å². The van der Waals surface area contributed by atoms with Gasteiger partial charge in [0.15, 0.2) is 5.16 Å². The van der Waals surface area contributed by atoms with Crippen LogP contribution in [0.3, 0.4) is 0 Å². The maximum Gasteiger partial charge on any atom is 0.191 e. The van der Waals surface area contributed by atoms with Gasteiger partial charge in [-0.25, -0.2) is 9.97 Å². The van der Waals surface area contributed by atoms with Crippen LogP contribution >= 0.6 is 11.8 Å². The molecule has 6 nitrogen and oxygen atoms in total. The third kappa shape index (κ3) is 5.07. The molecule has 1 atom stereocenters. The third-order valence-electron chi connectivity index (χ3n) is 4.39. The van der Waals surface area contributed by atoms with Gasteiger partial charge in [0.25, 0.3) is 0 Å². The number of aryl methyl sites for hydroxylation is 1. The van der Waals surface area contributed by atoms with Gasteiger partial charge in [0, 0.05) is 24.9 Å². The SMILES string of the molecule is Cc1ccccc1CSc1nc(N)cc(NC[C@]2(O)CCCNC2)n1. The fourth-order valence-electron chi connectivity index (χ4n) is 2.87. The minimum atomic E-state index is -0.744. The van der Waals surface area contributed by atoms with Crippen molar-refractivity contribution < 1.29 is 5.11 Å². The van der Waals surface area contributed by atoms with Gasteiger partial charge in [0.05, 0.1) is 5.60 Å². The van der Waals surface area contributed by atoms with Crippen LogP contribution in [-0.2, 0) is 5.75 Å². The zero-order valence-electron chi connectivity index (χ0n) is 14.5. The Morgan fingerprint density at radius 2 is 2.20 bits per heavy atom. The van der Waals surface area contributed by atoms with E-state index < -0.39 is 5.60 Å². The molecule has 7 heteroatoms. The Morgan fingerprint density at radius 3 is 2.96 bits per heavy atom. The molecule has 1 aromatic heterocycles. The van der Waals surface area contributed by atoms with Gasteiger partial charge in [-0.3, -0.25) is 0 Å². The molecule has 5 N–H and O–H groups in total. The summed E-state index contributed by atoms with van der Waals surface area (Å²) in [6.07, 6.45) is 1.75. The lowest BCUT2D eigenvalue weighted by Gasteiger charge is -2.32. The smallest absolute Gasteiger partial charge is 0.191 e. The summed E-state index contributed by atoms with van der Waals surface area (Å²) in [5, 5.41) is 17.6. The normalized spacial score (nSPS) is 20.4. The summed E-state index contributed by atoms with van der Waals surface area (Å²) in [6, 6.07) is 9.99. The Kier molecular flexibility index (Phi) is 5.78. The summed E-state index contributed by atoms with van der Waals surface area (Å²) in [5.41, 5.74) is 7.69. The van der Waals surface area contributed by atoms with Crippen LogP contribution in [0, 0.1) is 6.92 Å². The van der Waals surface area contributed by atoms with Gasteiger partial charge in [0.1, 0.15) is 11.6 Å². The predicted octanol–water partition coefficient (Wildman–Crippen LogP) is 2.19. The van der Waals surface area contributed by atoms with Gasteiger partial charge in [0.2, 0.25) is 0 Å². The van der Waals surface area contributed by atoms with E-state index in [9.17, 15) is 5.11 Å². The Labute approximate surface area is 152 Å². The lowest BCUT2D eigenvalue weighted by molar-refractivity contribution is 0.0291. The van der Waals surface area contributed by atoms with Crippen molar-refractivity contribution in [3.05, 3.63) is 41.5 Å². The number of rotatable bonds is 6. The molecular weight excluding hydrogens is 334 g/mol. The second-order valence-electron chi connectivity index (χ2n) is 6.53. The first-order chi connectivity index (χ1) is 12.0. The predicted molar refractivity (Wildman–Crippen MR) is 103 cm³/mol. The number of β-amino-alcohol motifs (C(OH)–C–C–N with tert-alkyl or cyclic N) is 1. The molecule has 0 radical (unpaired) electrons. The van der Waals surface area contributed by atoms with E-state index in [0.717, 1.165) is 25.1 Å². The summed E-state index contributed by atoms with van der Waals surface area (Å²) in [7, 11) is 0. The van der Waals surface area contributed by atoms with Crippen LogP contribution < -0.4 is 16.4 Å². The zero-order chi connectivity index (χ0) is 17.7. The Hall–Kier alpha value is -1.83. The summed E-state index contributed by atoms with van der Waals surface area (Å²) in [4.78, 5) is 8.83. The lowest BCUT2D eigenvalue weighted by Crippen LogP contribution is -2.50. The largest absolute Gasteiger partial charge is 0.387 e. The minimum Gasteiger partial charge on any atom is -0.387 e. The fraction of sp³-hybridized carbons (Fsp3) is 0.444. The molecule has 25 heavy (non-hydrogen) atoms. The molecule has 2 aromatic rings. The Balaban J connectivity index is 1.63. The number of thioether (sulfide) groups is 1. The van der Waals surface area contributed by atoms with E-state index in [1.807, 2.05) is 12.1 Å². The molecule has 0 bridgehead atoms. The van der Waals surface area contributed by atoms with Gasteiger partial charge < -0.3 is 21.5 Å². The second-order valence-corrected chi connectivity index (χ2v) is 7.48. The monoisotopic (exact) mass is 359 g/mol. The first kappa shape index (κ1) is 18.0. The van der Waals surface area contributed by atoms with Crippen LogP contribution in [0.15, 0.2) is 35.5 Å². The van der Waals surface area contributed by atoms with Crippen LogP contribution in [0.2, 0.25) is 0 Å². The van der Waals surface area contributed by atoms with Crippen molar-refractivity contribution in [2.45, 2.75) is 36.3 Å². The topological polar surface area (TPSA) is 96.1 Å². The summed E-state index contributed by atoms with van der Waals surface area (Å²) in [5.74, 6) is 1.88. The van der Waals surface area contributed by atoms with Gasteiger partial charge in [-0.1, -0.05) is 36.0 Å². The summed E-state index contributed by atoms with van der Waals surface area (Å²) < 4.78 is 0. The van der Waals surface area contributed by atoms with Crippen LogP contribution in [0.1, 0.15) is 24.0 Å². The second kappa shape index (κ2) is 8.03. The number of benzene rings is 1. The average Bonchev–Trinajstić information content (AvgIpc) is 2.60. The molecule has 1 aliphatic rings. The molecular formula is C18H25N5OS. The van der Waals surface area contributed by atoms with E-state index in [1.165, 1.54) is 11.1 Å². The highest BCUT2D eigenvalue weighted by Crippen LogP contribution is 2.24. The van der Waals surface area contributed by atoms with Crippen molar-refractivity contribution in [1.82, 2.24) is 15.3 Å². The summed E-state index contributed by atoms with van der Waals surface area (Å²) >= 11 is 1.56. The molecule has 0 saturated carbocycles. The van der Waals surface area contributed by atoms with E-state index in [-0.39, 0.29) is 0 Å². The lowest BCUT2D eigenvalue weighted by atomic mass is 9.94. The molecule has 0 aliphatic carbocycles. The van der Waals surface area contributed by atoms with E-state index >= 15 is 0 Å². The number of piperidine rings is 1. The van der Waals surface area contributed by atoms with Crippen molar-refractivity contribution in [3.8, 4) is 0 Å². The molecule has 0 amide bonds. The van der Waals surface area contributed by atoms with Crippen LogP contribution in [0.5, 0.6) is 0 Å². The van der Waals surface area contributed by atoms with Crippen LogP contribution in [-0.4, -0.2) is 40.3 Å². The maximum absolute atomic E-state index is 10.5. The van der Waals surface area contributed by atoms with Crippen molar-refractivity contribution >= 4 is 23.4 Å². The van der Waals surface area contributed by atoms with Gasteiger partial charge in [-0.15, -0.1) is 0 Å². The molecule has 2 heterocycles. The van der Waals surface area contributed by atoms with Crippen LogP contribution in [0.4, 0.5) is 11.6 Å². The molecule has 1 fully saturated rings. The highest BCUT2D eigenvalue weighted by molar-refractivity contribution is 7.98. The number of aromatic nitrogens is 2. The number of nitrogens with one attached hydrogen (secondary N) is 2. The molecule has 0 unspecified atom stereocenters. The molecule has 0 spiro atoms. The van der Waals surface area contributed by atoms with Gasteiger partial charge >= 0.3 is 0 Å². The number of aliphatic hydroxyl groups is 1. The van der Waals surface area contributed by atoms with E-state index in [4.69, 9.17) is 5.73 Å². The first-order valence-corrected chi connectivity index (χ1v) is 9.51. The molecule has 3 rings (SSSR count). The fourth-order valence-corrected chi connectivity index (χ4v) is 3.81. The number of hydrogen-bond donors (Lipinski definition) is 4. The minimum absolute atomic E-state index is 0.429. The van der Waals surface area contributed by atoms with Crippen molar-refractivity contribution in [2.75, 3.05) is 30.7 Å². The number of nitrogens with zero attached hydrogens (tertiary/aromatic N) is 2. The van der Waals surface area contributed by atoms with Crippen LogP contribution in [0.25, 0.3) is 0 Å². The van der Waals surface area contributed by atoms with Crippen molar-refractivity contribution in [3.63, 3.8) is 0 Å². The molecule has 134 valence electrons. The quantitative estimate of drug-likeness (QED) is 0.464. The average molecular weight is 359 g/mol. The summed E-state index contributed by atoms with van der Waals surface area (Å²) in [6.45, 7) is 4.10. The van der Waals surface area contributed by atoms with Gasteiger partial charge in [-0.2, -0.15) is 0 Å². The molecule has 1 aromatic carbocycles. The molecule has 1 aliphatic heterocycles. The van der Waals surface area contributed by atoms with Crippen molar-refractivity contribution in [2.24, 2.45) is 0 Å². The van der Waals surface area contributed by atoms with E-state index in [0.29, 0.717) is 29.9 Å². The van der Waals surface area contributed by atoms with E-state index in [1.54, 1.807) is 17.8 Å². The highest BCUT2D eigenvalue weighted by atomic mass is 32.2. The highest BCUT2D eigenvalue weighted by Gasteiger charge is 2.28. The molecule has 1 saturated heterocycles. The number of hydrogen-bond acceptors (Lipinski definition) is 7. The zero-order valence-corrected chi connectivity index (χ0v) is 15.3. The number of nitrogen functional groups attached to an aromatic ring is 1.